The molecule has 10 nitrogen and oxygen atoms in total. The molecular weight excluding hydrogens is 556 g/mol. The normalized spacial score (nSPS) is 16.8. The standard InChI is InChI=1S/C23H28F2N6O.C8H19NO2/c24-21(25)22-27-17-8-4-5-9-18(17)31(22)20-14-19(30-10-12-32-13-11-30)28-23(29-20)26-15-16-6-2-1-3-7-16;1-7(2,10)5-9-6-8(3,4)11/h4-5,8-9,14,16,21H,1-3,6-7,10-13,15H2,(H,26,28,29);9-11H,5-6H2,1-4H3. The topological polar surface area (TPSA) is 121 Å². The van der Waals surface area contributed by atoms with Crippen LogP contribution in [0.2, 0.25) is 0 Å². The Bertz CT molecular complexity index is 1280. The first-order chi connectivity index (χ1) is 20.4. The number of fused-ring (bicyclic) bond motifs is 1. The Morgan fingerprint density at radius 1 is 0.930 bits per heavy atom. The second-order valence-corrected chi connectivity index (χ2v) is 12.7. The number of anilines is 2. The van der Waals surface area contributed by atoms with E-state index in [0.29, 0.717) is 73.9 Å². The second kappa shape index (κ2) is 14.7. The average Bonchev–Trinajstić information content (AvgIpc) is 3.36. The maximum absolute atomic E-state index is 13.9. The molecule has 4 N–H and O–H groups in total. The lowest BCUT2D eigenvalue weighted by Crippen LogP contribution is -2.42. The number of aromatic nitrogens is 4. The number of nitrogens with one attached hydrogen (secondary N) is 2. The summed E-state index contributed by atoms with van der Waals surface area (Å²) in [5, 5.41) is 24.9. The molecule has 5 rings (SSSR count). The minimum absolute atomic E-state index is 0.309. The number of imidazole rings is 1. The van der Waals surface area contributed by atoms with Crippen molar-refractivity contribution < 1.29 is 23.7 Å². The highest BCUT2D eigenvalue weighted by atomic mass is 19.3. The molecule has 0 spiro atoms. The van der Waals surface area contributed by atoms with E-state index in [1.54, 1.807) is 52.0 Å². The van der Waals surface area contributed by atoms with Crippen molar-refractivity contribution in [3.05, 3.63) is 36.2 Å². The molecule has 1 aliphatic heterocycles. The number of hydrogen-bond acceptors (Lipinski definition) is 9. The molecule has 0 unspecified atom stereocenters. The van der Waals surface area contributed by atoms with Gasteiger partial charge >= 0.3 is 0 Å². The van der Waals surface area contributed by atoms with Crippen LogP contribution in [-0.4, -0.2) is 86.9 Å². The molecule has 1 saturated heterocycles. The number of ether oxygens (including phenoxy) is 1. The summed E-state index contributed by atoms with van der Waals surface area (Å²) in [5.74, 6) is 1.86. The van der Waals surface area contributed by atoms with Crippen LogP contribution in [-0.2, 0) is 4.74 Å². The van der Waals surface area contributed by atoms with Crippen LogP contribution in [0.25, 0.3) is 16.9 Å². The SMILES string of the molecule is CC(C)(O)CNCC(C)(C)O.FC(F)c1nc2ccccc2n1-c1cc(N2CCOCC2)nc(NCC2CCCCC2)n1. The van der Waals surface area contributed by atoms with Crippen molar-refractivity contribution in [1.29, 1.82) is 0 Å². The van der Waals surface area contributed by atoms with E-state index in [0.717, 1.165) is 6.54 Å². The summed E-state index contributed by atoms with van der Waals surface area (Å²) >= 11 is 0. The second-order valence-electron chi connectivity index (χ2n) is 12.7. The molecule has 238 valence electrons. The summed E-state index contributed by atoms with van der Waals surface area (Å²) in [6.45, 7) is 11.3. The molecule has 2 aliphatic rings. The summed E-state index contributed by atoms with van der Waals surface area (Å²) in [4.78, 5) is 15.7. The van der Waals surface area contributed by atoms with E-state index >= 15 is 0 Å². The number of halogens is 2. The van der Waals surface area contributed by atoms with Crippen molar-refractivity contribution in [3.63, 3.8) is 0 Å². The number of morpholine rings is 1. The smallest absolute Gasteiger partial charge is 0.296 e. The van der Waals surface area contributed by atoms with Crippen molar-refractivity contribution in [1.82, 2.24) is 24.8 Å². The Hall–Kier alpha value is -2.93. The molecule has 0 bridgehead atoms. The quantitative estimate of drug-likeness (QED) is 0.261. The fourth-order valence-electron chi connectivity index (χ4n) is 5.30. The summed E-state index contributed by atoms with van der Waals surface area (Å²) in [6, 6.07) is 8.92. The van der Waals surface area contributed by atoms with Gasteiger partial charge in [-0.2, -0.15) is 9.97 Å². The minimum Gasteiger partial charge on any atom is -0.389 e. The van der Waals surface area contributed by atoms with Gasteiger partial charge in [-0.15, -0.1) is 0 Å². The zero-order valence-corrected chi connectivity index (χ0v) is 25.8. The zero-order chi connectivity index (χ0) is 31.0. The highest BCUT2D eigenvalue weighted by Crippen LogP contribution is 2.30. The number of hydrogen-bond donors (Lipinski definition) is 4. The largest absolute Gasteiger partial charge is 0.389 e. The molecule has 3 aromatic rings. The van der Waals surface area contributed by atoms with Gasteiger partial charge in [-0.05, 0) is 58.6 Å². The Morgan fingerprint density at radius 2 is 1.56 bits per heavy atom. The molecule has 1 aliphatic carbocycles. The van der Waals surface area contributed by atoms with Crippen molar-refractivity contribution in [2.75, 3.05) is 56.2 Å². The third-order valence-electron chi connectivity index (χ3n) is 7.43. The van der Waals surface area contributed by atoms with Crippen molar-refractivity contribution in [2.45, 2.75) is 77.4 Å². The molecule has 1 saturated carbocycles. The van der Waals surface area contributed by atoms with Crippen LogP contribution in [0.15, 0.2) is 30.3 Å². The molecule has 2 aromatic heterocycles. The molecule has 0 radical (unpaired) electrons. The lowest BCUT2D eigenvalue weighted by atomic mass is 9.89. The third-order valence-corrected chi connectivity index (χ3v) is 7.43. The highest BCUT2D eigenvalue weighted by molar-refractivity contribution is 5.78. The fourth-order valence-corrected chi connectivity index (χ4v) is 5.30. The summed E-state index contributed by atoms with van der Waals surface area (Å²) < 4.78 is 34.8. The van der Waals surface area contributed by atoms with Gasteiger partial charge in [0.15, 0.2) is 5.82 Å². The first kappa shape index (κ1) is 33.0. The third kappa shape index (κ3) is 10.1. The molecule has 2 fully saturated rings. The van der Waals surface area contributed by atoms with Crippen molar-refractivity contribution in [2.24, 2.45) is 5.92 Å². The van der Waals surface area contributed by atoms with Gasteiger partial charge in [0.2, 0.25) is 5.95 Å². The molecule has 0 atom stereocenters. The molecule has 0 amide bonds. The van der Waals surface area contributed by atoms with Gasteiger partial charge in [-0.25, -0.2) is 13.8 Å². The van der Waals surface area contributed by atoms with Gasteiger partial charge in [0.1, 0.15) is 11.6 Å². The molecule has 3 heterocycles. The van der Waals surface area contributed by atoms with Gasteiger partial charge in [-0.1, -0.05) is 31.4 Å². The summed E-state index contributed by atoms with van der Waals surface area (Å²) in [7, 11) is 0. The van der Waals surface area contributed by atoms with Crippen LogP contribution >= 0.6 is 0 Å². The van der Waals surface area contributed by atoms with Crippen molar-refractivity contribution in [3.8, 4) is 5.82 Å². The van der Waals surface area contributed by atoms with Crippen LogP contribution < -0.4 is 15.5 Å². The van der Waals surface area contributed by atoms with Gasteiger partial charge in [0, 0.05) is 38.8 Å². The molecule has 12 heteroatoms. The number of nitrogens with zero attached hydrogens (tertiary/aromatic N) is 5. The Labute approximate surface area is 252 Å². The predicted octanol–water partition coefficient (Wildman–Crippen LogP) is 4.70. The Morgan fingerprint density at radius 3 is 2.19 bits per heavy atom. The number of alkyl halides is 2. The maximum atomic E-state index is 13.9. The fraction of sp³-hybridized carbons (Fsp3) is 0.645. The van der Waals surface area contributed by atoms with Gasteiger partial charge in [0.25, 0.3) is 6.43 Å². The van der Waals surface area contributed by atoms with Crippen molar-refractivity contribution >= 4 is 22.8 Å². The van der Waals surface area contributed by atoms with Gasteiger partial charge in [-0.3, -0.25) is 4.57 Å². The number of benzene rings is 1. The number of aliphatic hydroxyl groups is 2. The van der Waals surface area contributed by atoms with Crippen LogP contribution in [0.4, 0.5) is 20.5 Å². The zero-order valence-electron chi connectivity index (χ0n) is 25.8. The van der Waals surface area contributed by atoms with Crippen LogP contribution in [0, 0.1) is 5.92 Å². The first-order valence-corrected chi connectivity index (χ1v) is 15.3. The van der Waals surface area contributed by atoms with Gasteiger partial charge in [0.05, 0.1) is 35.4 Å². The molecule has 43 heavy (non-hydrogen) atoms. The van der Waals surface area contributed by atoms with E-state index in [1.807, 2.05) is 6.07 Å². The van der Waals surface area contributed by atoms with E-state index in [2.05, 4.69) is 25.5 Å². The van der Waals surface area contributed by atoms with Gasteiger partial charge < -0.3 is 30.5 Å². The summed E-state index contributed by atoms with van der Waals surface area (Å²) in [6.07, 6.45) is 3.49. The average molecular weight is 604 g/mol. The summed E-state index contributed by atoms with van der Waals surface area (Å²) in [5.41, 5.74) is -0.282. The Kier molecular flexibility index (Phi) is 11.3. The van der Waals surface area contributed by atoms with Crippen LogP contribution in [0.1, 0.15) is 72.0 Å². The Balaban J connectivity index is 0.000000330. The minimum atomic E-state index is -2.72. The van der Waals surface area contributed by atoms with Crippen LogP contribution in [0.3, 0.4) is 0 Å². The van der Waals surface area contributed by atoms with E-state index in [-0.39, 0.29) is 5.82 Å². The first-order valence-electron chi connectivity index (χ1n) is 15.3. The van der Waals surface area contributed by atoms with Crippen LogP contribution in [0.5, 0.6) is 0 Å². The maximum Gasteiger partial charge on any atom is 0.296 e. The van der Waals surface area contributed by atoms with E-state index in [4.69, 9.17) is 9.72 Å². The van der Waals surface area contributed by atoms with E-state index < -0.39 is 17.6 Å². The molecular formula is C31H47F2N7O3. The molecule has 1 aromatic carbocycles. The number of rotatable bonds is 10. The van der Waals surface area contributed by atoms with E-state index in [9.17, 15) is 19.0 Å². The lowest BCUT2D eigenvalue weighted by molar-refractivity contribution is 0.0534. The predicted molar refractivity (Wildman–Crippen MR) is 165 cm³/mol. The highest BCUT2D eigenvalue weighted by Gasteiger charge is 2.24. The number of para-hydroxylation sites is 2. The lowest BCUT2D eigenvalue weighted by Gasteiger charge is -2.28. The van der Waals surface area contributed by atoms with E-state index in [1.165, 1.54) is 36.7 Å². The monoisotopic (exact) mass is 603 g/mol.